The summed E-state index contributed by atoms with van der Waals surface area (Å²) >= 11 is 0. The molecule has 1 rings (SSSR count). The van der Waals surface area contributed by atoms with Crippen LogP contribution < -0.4 is 0 Å². The number of methoxy groups -OCH3 is 1. The normalized spacial score (nSPS) is 23.6. The molecule has 1 fully saturated rings. The topological polar surface area (TPSA) is 18.5 Å². The van der Waals surface area contributed by atoms with Crippen LogP contribution in [-0.4, -0.2) is 19.5 Å². The van der Waals surface area contributed by atoms with Crippen molar-refractivity contribution < 1.29 is 9.47 Å². The molecule has 0 saturated heterocycles. The van der Waals surface area contributed by atoms with E-state index in [-0.39, 0.29) is 6.29 Å². The predicted octanol–water partition coefficient (Wildman–Crippen LogP) is 3.89. The van der Waals surface area contributed by atoms with Crippen LogP contribution >= 0.6 is 0 Å². The summed E-state index contributed by atoms with van der Waals surface area (Å²) in [5.41, 5.74) is 0. The van der Waals surface area contributed by atoms with Crippen molar-refractivity contribution in [3.63, 3.8) is 0 Å². The van der Waals surface area contributed by atoms with Crippen molar-refractivity contribution in [2.75, 3.05) is 7.11 Å². The Morgan fingerprint density at radius 3 is 1.80 bits per heavy atom. The van der Waals surface area contributed by atoms with Crippen LogP contribution in [0.4, 0.5) is 0 Å². The van der Waals surface area contributed by atoms with Crippen molar-refractivity contribution in [3.8, 4) is 0 Å². The van der Waals surface area contributed by atoms with Crippen molar-refractivity contribution in [3.05, 3.63) is 0 Å². The van der Waals surface area contributed by atoms with E-state index in [9.17, 15) is 0 Å². The van der Waals surface area contributed by atoms with Crippen LogP contribution in [0.3, 0.4) is 0 Å². The van der Waals surface area contributed by atoms with E-state index < -0.39 is 0 Å². The summed E-state index contributed by atoms with van der Waals surface area (Å²) in [5.74, 6) is 0. The molecule has 0 aliphatic heterocycles. The number of rotatable bonds is 3. The molecular weight excluding hydrogens is 188 g/mol. The Balaban J connectivity index is 2.25. The van der Waals surface area contributed by atoms with Crippen LogP contribution in [0, 0.1) is 0 Å². The predicted molar refractivity (Wildman–Crippen MR) is 62.9 cm³/mol. The minimum absolute atomic E-state index is 0.0436. The third-order valence-corrected chi connectivity index (χ3v) is 3.27. The lowest BCUT2D eigenvalue weighted by atomic mass is 9.99. The number of hydrogen-bond acceptors (Lipinski definition) is 2. The van der Waals surface area contributed by atoms with Crippen molar-refractivity contribution in [1.29, 1.82) is 0 Å². The molecule has 2 heteroatoms. The van der Waals surface area contributed by atoms with Gasteiger partial charge in [0.05, 0.1) is 6.10 Å². The average molecular weight is 214 g/mol. The van der Waals surface area contributed by atoms with Gasteiger partial charge < -0.3 is 9.47 Å². The van der Waals surface area contributed by atoms with Crippen molar-refractivity contribution >= 4 is 0 Å². The molecule has 0 heterocycles. The fourth-order valence-corrected chi connectivity index (χ4v) is 2.23. The van der Waals surface area contributed by atoms with Crippen LogP contribution in [0.2, 0.25) is 0 Å². The first-order valence-corrected chi connectivity index (χ1v) is 6.51. The molecule has 1 unspecified atom stereocenters. The highest BCUT2D eigenvalue weighted by Crippen LogP contribution is 2.19. The van der Waals surface area contributed by atoms with Crippen LogP contribution in [0.15, 0.2) is 0 Å². The fraction of sp³-hybridized carbons (Fsp3) is 1.00. The third-order valence-electron chi connectivity index (χ3n) is 3.27. The molecule has 0 amide bonds. The van der Waals surface area contributed by atoms with Gasteiger partial charge in [0.15, 0.2) is 6.29 Å². The zero-order valence-corrected chi connectivity index (χ0v) is 10.3. The molecule has 1 saturated carbocycles. The summed E-state index contributed by atoms with van der Waals surface area (Å²) in [6, 6.07) is 0. The highest BCUT2D eigenvalue weighted by atomic mass is 16.7. The summed E-state index contributed by atoms with van der Waals surface area (Å²) < 4.78 is 11.0. The van der Waals surface area contributed by atoms with E-state index >= 15 is 0 Å². The van der Waals surface area contributed by atoms with Crippen LogP contribution in [0.25, 0.3) is 0 Å². The zero-order chi connectivity index (χ0) is 10.9. The second-order valence-electron chi connectivity index (χ2n) is 4.61. The molecule has 0 aromatic rings. The molecule has 0 aromatic carbocycles. The third kappa shape index (κ3) is 6.16. The maximum Gasteiger partial charge on any atom is 0.154 e. The van der Waals surface area contributed by atoms with Gasteiger partial charge in [0.25, 0.3) is 0 Å². The van der Waals surface area contributed by atoms with Gasteiger partial charge in [0.2, 0.25) is 0 Å². The van der Waals surface area contributed by atoms with E-state index in [2.05, 4.69) is 0 Å². The van der Waals surface area contributed by atoms with Gasteiger partial charge in [-0.25, -0.2) is 0 Å². The molecule has 2 nitrogen and oxygen atoms in total. The molecule has 0 bridgehead atoms. The molecule has 90 valence electrons. The fourth-order valence-electron chi connectivity index (χ4n) is 2.23. The van der Waals surface area contributed by atoms with Gasteiger partial charge in [-0.15, -0.1) is 0 Å². The van der Waals surface area contributed by atoms with Gasteiger partial charge in [-0.3, -0.25) is 0 Å². The summed E-state index contributed by atoms with van der Waals surface area (Å²) in [6.07, 6.45) is 12.5. The Morgan fingerprint density at radius 1 is 0.867 bits per heavy atom. The van der Waals surface area contributed by atoms with Gasteiger partial charge in [-0.1, -0.05) is 44.9 Å². The van der Waals surface area contributed by atoms with E-state index in [1.807, 2.05) is 6.92 Å². The van der Waals surface area contributed by atoms with Gasteiger partial charge in [0.1, 0.15) is 0 Å². The molecule has 0 N–H and O–H groups in total. The number of hydrogen-bond donors (Lipinski definition) is 0. The molecule has 1 atom stereocenters. The van der Waals surface area contributed by atoms with E-state index in [1.165, 1.54) is 57.8 Å². The molecule has 1 aliphatic rings. The zero-order valence-electron chi connectivity index (χ0n) is 10.3. The van der Waals surface area contributed by atoms with E-state index in [0.29, 0.717) is 6.10 Å². The first-order chi connectivity index (χ1) is 7.33. The van der Waals surface area contributed by atoms with Crippen LogP contribution in [-0.2, 0) is 9.47 Å². The average Bonchev–Trinajstić information content (AvgIpc) is 2.27. The molecule has 0 spiro atoms. The highest BCUT2D eigenvalue weighted by molar-refractivity contribution is 4.62. The van der Waals surface area contributed by atoms with Crippen LogP contribution in [0.5, 0.6) is 0 Å². The standard InChI is InChI=1S/C13H26O2/c1-12(14-2)15-13-10-8-6-4-3-5-7-9-11-13/h12-13H,3-11H2,1-2H3. The lowest BCUT2D eigenvalue weighted by Gasteiger charge is -2.22. The smallest absolute Gasteiger partial charge is 0.154 e. The summed E-state index contributed by atoms with van der Waals surface area (Å²) in [5, 5.41) is 0. The molecule has 15 heavy (non-hydrogen) atoms. The van der Waals surface area contributed by atoms with Gasteiger partial charge in [-0.2, -0.15) is 0 Å². The SMILES string of the molecule is COC(C)OC1CCCCCCCCC1. The lowest BCUT2D eigenvalue weighted by Crippen LogP contribution is -2.21. The van der Waals surface area contributed by atoms with Crippen molar-refractivity contribution in [2.24, 2.45) is 0 Å². The number of ether oxygens (including phenoxy) is 2. The molecule has 0 radical (unpaired) electrons. The van der Waals surface area contributed by atoms with E-state index in [0.717, 1.165) is 0 Å². The minimum atomic E-state index is -0.0436. The van der Waals surface area contributed by atoms with Gasteiger partial charge >= 0.3 is 0 Å². The van der Waals surface area contributed by atoms with Crippen LogP contribution in [0.1, 0.15) is 64.7 Å². The summed E-state index contributed by atoms with van der Waals surface area (Å²) in [6.45, 7) is 1.98. The van der Waals surface area contributed by atoms with E-state index in [4.69, 9.17) is 9.47 Å². The second kappa shape index (κ2) is 8.12. The second-order valence-corrected chi connectivity index (χ2v) is 4.61. The lowest BCUT2D eigenvalue weighted by molar-refractivity contribution is -0.148. The van der Waals surface area contributed by atoms with Gasteiger partial charge in [0, 0.05) is 7.11 Å². The first-order valence-electron chi connectivity index (χ1n) is 6.51. The molecular formula is C13H26O2. The summed E-state index contributed by atoms with van der Waals surface area (Å²) in [7, 11) is 1.71. The van der Waals surface area contributed by atoms with Gasteiger partial charge in [-0.05, 0) is 19.8 Å². The van der Waals surface area contributed by atoms with Crippen molar-refractivity contribution in [1.82, 2.24) is 0 Å². The largest absolute Gasteiger partial charge is 0.356 e. The maximum absolute atomic E-state index is 5.85. The summed E-state index contributed by atoms with van der Waals surface area (Å²) in [4.78, 5) is 0. The Morgan fingerprint density at radius 2 is 1.33 bits per heavy atom. The first kappa shape index (κ1) is 13.0. The minimum Gasteiger partial charge on any atom is -0.356 e. The highest BCUT2D eigenvalue weighted by Gasteiger charge is 2.13. The Labute approximate surface area is 94.3 Å². The Hall–Kier alpha value is -0.0800. The Bertz CT molecular complexity index is 137. The van der Waals surface area contributed by atoms with Crippen molar-refractivity contribution in [2.45, 2.75) is 77.1 Å². The van der Waals surface area contributed by atoms with E-state index in [1.54, 1.807) is 7.11 Å². The monoisotopic (exact) mass is 214 g/mol. The maximum atomic E-state index is 5.85. The molecule has 0 aromatic heterocycles. The Kier molecular flexibility index (Phi) is 7.03. The molecule has 1 aliphatic carbocycles. The quantitative estimate of drug-likeness (QED) is 0.664.